The SMILES string of the molecule is COc1ccccc1-n1nc(OC2CCN(C(=O)C(C)(F)F)CC2)cc1-c1ccc(Cl)cc1. The van der Waals surface area contributed by atoms with E-state index in [1.807, 2.05) is 42.5 Å². The number of hydrogen-bond donors (Lipinski definition) is 0. The number of carbonyl (C=O) groups excluding carboxylic acids is 1. The van der Waals surface area contributed by atoms with Gasteiger partial charge in [-0.25, -0.2) is 4.68 Å². The molecule has 174 valence electrons. The molecule has 0 spiro atoms. The molecule has 1 amide bonds. The molecular formula is C24H24ClF2N3O3. The first kappa shape index (κ1) is 23.0. The average molecular weight is 476 g/mol. The fraction of sp³-hybridized carbons (Fsp3) is 0.333. The number of hydrogen-bond acceptors (Lipinski definition) is 4. The molecule has 1 aliphatic heterocycles. The lowest BCUT2D eigenvalue weighted by Crippen LogP contribution is -2.47. The van der Waals surface area contributed by atoms with E-state index in [0.29, 0.717) is 36.4 Å². The molecule has 1 saturated heterocycles. The van der Waals surface area contributed by atoms with E-state index in [1.165, 1.54) is 4.90 Å². The molecule has 4 rings (SSSR count). The van der Waals surface area contributed by atoms with Crippen LogP contribution in [0.15, 0.2) is 54.6 Å². The van der Waals surface area contributed by atoms with Gasteiger partial charge in [-0.3, -0.25) is 4.79 Å². The molecule has 9 heteroatoms. The summed E-state index contributed by atoms with van der Waals surface area (Å²) in [6.45, 7) is 1.05. The van der Waals surface area contributed by atoms with Gasteiger partial charge in [-0.05, 0) is 24.3 Å². The van der Waals surface area contributed by atoms with Gasteiger partial charge in [0.2, 0.25) is 5.88 Å². The summed E-state index contributed by atoms with van der Waals surface area (Å²) in [5.41, 5.74) is 2.41. The lowest BCUT2D eigenvalue weighted by atomic mass is 10.1. The quantitative estimate of drug-likeness (QED) is 0.490. The lowest BCUT2D eigenvalue weighted by molar-refractivity contribution is -0.156. The minimum absolute atomic E-state index is 0.212. The van der Waals surface area contributed by atoms with Crippen molar-refractivity contribution in [3.05, 3.63) is 59.6 Å². The summed E-state index contributed by atoms with van der Waals surface area (Å²) < 4.78 is 40.1. The van der Waals surface area contributed by atoms with Crippen molar-refractivity contribution in [3.63, 3.8) is 0 Å². The predicted molar refractivity (Wildman–Crippen MR) is 121 cm³/mol. The number of nitrogens with zero attached hydrogens (tertiary/aromatic N) is 3. The van der Waals surface area contributed by atoms with E-state index >= 15 is 0 Å². The maximum Gasteiger partial charge on any atom is 0.322 e. The number of halogens is 3. The highest BCUT2D eigenvalue weighted by molar-refractivity contribution is 6.30. The summed E-state index contributed by atoms with van der Waals surface area (Å²) in [5, 5.41) is 5.28. The van der Waals surface area contributed by atoms with Gasteiger partial charge in [0.15, 0.2) is 0 Å². The molecule has 0 saturated carbocycles. The van der Waals surface area contributed by atoms with Crippen LogP contribution in [0.1, 0.15) is 19.8 Å². The average Bonchev–Trinajstić information content (AvgIpc) is 3.22. The lowest BCUT2D eigenvalue weighted by Gasteiger charge is -2.32. The zero-order valence-corrected chi connectivity index (χ0v) is 19.1. The molecular weight excluding hydrogens is 452 g/mol. The smallest absolute Gasteiger partial charge is 0.322 e. The van der Waals surface area contributed by atoms with Crippen LogP contribution in [0, 0.1) is 0 Å². The van der Waals surface area contributed by atoms with Crippen molar-refractivity contribution >= 4 is 17.5 Å². The Hall–Kier alpha value is -3.13. The topological polar surface area (TPSA) is 56.6 Å². The molecule has 33 heavy (non-hydrogen) atoms. The van der Waals surface area contributed by atoms with Crippen molar-refractivity contribution < 1.29 is 23.0 Å². The van der Waals surface area contributed by atoms with Crippen molar-refractivity contribution in [1.29, 1.82) is 0 Å². The van der Waals surface area contributed by atoms with Crippen LogP contribution in [0.4, 0.5) is 8.78 Å². The molecule has 0 unspecified atom stereocenters. The third-order valence-corrected chi connectivity index (χ3v) is 5.78. The van der Waals surface area contributed by atoms with Crippen molar-refractivity contribution in [3.8, 4) is 28.6 Å². The van der Waals surface area contributed by atoms with Gasteiger partial charge in [0.1, 0.15) is 17.5 Å². The second-order valence-electron chi connectivity index (χ2n) is 7.96. The highest BCUT2D eigenvalue weighted by Gasteiger charge is 2.38. The number of carbonyl (C=O) groups is 1. The van der Waals surface area contributed by atoms with E-state index in [9.17, 15) is 13.6 Å². The highest BCUT2D eigenvalue weighted by Crippen LogP contribution is 2.32. The Morgan fingerprint density at radius 1 is 1.12 bits per heavy atom. The van der Waals surface area contributed by atoms with E-state index in [0.717, 1.165) is 16.9 Å². The maximum atomic E-state index is 13.3. The maximum absolute atomic E-state index is 13.3. The minimum Gasteiger partial charge on any atom is -0.494 e. The summed E-state index contributed by atoms with van der Waals surface area (Å²) in [4.78, 5) is 13.0. The van der Waals surface area contributed by atoms with E-state index in [4.69, 9.17) is 21.1 Å². The Bertz CT molecular complexity index is 1120. The first-order valence-electron chi connectivity index (χ1n) is 10.6. The van der Waals surface area contributed by atoms with Crippen LogP contribution >= 0.6 is 11.6 Å². The van der Waals surface area contributed by atoms with E-state index < -0.39 is 11.8 Å². The Balaban J connectivity index is 1.59. The zero-order chi connectivity index (χ0) is 23.6. The van der Waals surface area contributed by atoms with E-state index in [-0.39, 0.29) is 19.2 Å². The van der Waals surface area contributed by atoms with Crippen molar-refractivity contribution in [2.24, 2.45) is 0 Å². The standard InChI is InChI=1S/C24H24ClF2N3O3/c1-24(26,27)23(31)29-13-11-18(12-14-29)33-22-15-20(16-7-9-17(25)10-8-16)30(28-22)19-5-3-4-6-21(19)32-2/h3-10,15,18H,11-14H2,1-2H3. The number of piperidine rings is 1. The number of likely N-dealkylation sites (tertiary alicyclic amines) is 1. The molecule has 1 aliphatic rings. The molecule has 2 heterocycles. The highest BCUT2D eigenvalue weighted by atomic mass is 35.5. The fourth-order valence-corrected chi connectivity index (χ4v) is 3.98. The Morgan fingerprint density at radius 2 is 1.79 bits per heavy atom. The van der Waals surface area contributed by atoms with E-state index in [1.54, 1.807) is 23.9 Å². The number of methoxy groups -OCH3 is 1. The second kappa shape index (κ2) is 9.39. The van der Waals surface area contributed by atoms with Crippen molar-refractivity contribution in [2.45, 2.75) is 31.8 Å². The van der Waals surface area contributed by atoms with Gasteiger partial charge >= 0.3 is 5.92 Å². The minimum atomic E-state index is -3.37. The first-order chi connectivity index (χ1) is 15.8. The molecule has 3 aromatic rings. The predicted octanol–water partition coefficient (Wildman–Crippen LogP) is 5.23. The van der Waals surface area contributed by atoms with Crippen LogP contribution < -0.4 is 9.47 Å². The van der Waals surface area contributed by atoms with Crippen molar-refractivity contribution in [1.82, 2.24) is 14.7 Å². The largest absolute Gasteiger partial charge is 0.494 e. The van der Waals surface area contributed by atoms with Crippen molar-refractivity contribution in [2.75, 3.05) is 20.2 Å². The second-order valence-corrected chi connectivity index (χ2v) is 8.39. The van der Waals surface area contributed by atoms with Gasteiger partial charge in [-0.15, -0.1) is 5.10 Å². The molecule has 2 aromatic carbocycles. The van der Waals surface area contributed by atoms with Gasteiger partial charge in [-0.2, -0.15) is 8.78 Å². The number of amides is 1. The zero-order valence-electron chi connectivity index (χ0n) is 18.3. The number of aromatic nitrogens is 2. The van der Waals surface area contributed by atoms with Crippen LogP contribution in [-0.4, -0.2) is 52.8 Å². The third kappa shape index (κ3) is 5.11. The van der Waals surface area contributed by atoms with Gasteiger partial charge in [0, 0.05) is 49.5 Å². The summed E-state index contributed by atoms with van der Waals surface area (Å²) >= 11 is 6.06. The Kier molecular flexibility index (Phi) is 6.56. The summed E-state index contributed by atoms with van der Waals surface area (Å²) in [7, 11) is 1.59. The summed E-state index contributed by atoms with van der Waals surface area (Å²) in [5.74, 6) is -3.47. The van der Waals surface area contributed by atoms with Gasteiger partial charge in [0.25, 0.3) is 5.91 Å². The first-order valence-corrected chi connectivity index (χ1v) is 11.0. The van der Waals surface area contributed by atoms with Gasteiger partial charge < -0.3 is 14.4 Å². The Morgan fingerprint density at radius 3 is 2.42 bits per heavy atom. The van der Waals surface area contributed by atoms with Crippen LogP contribution in [0.5, 0.6) is 11.6 Å². The van der Waals surface area contributed by atoms with Crippen LogP contribution in [0.3, 0.4) is 0 Å². The molecule has 0 N–H and O–H groups in total. The van der Waals surface area contributed by atoms with Crippen LogP contribution in [-0.2, 0) is 4.79 Å². The molecule has 1 fully saturated rings. The monoisotopic (exact) mass is 475 g/mol. The molecule has 6 nitrogen and oxygen atoms in total. The number of alkyl halides is 2. The normalized spacial score (nSPS) is 14.9. The number of ether oxygens (including phenoxy) is 2. The van der Waals surface area contributed by atoms with Gasteiger partial charge in [-0.1, -0.05) is 35.9 Å². The third-order valence-electron chi connectivity index (χ3n) is 5.53. The molecule has 0 bridgehead atoms. The number of rotatable bonds is 6. The van der Waals surface area contributed by atoms with E-state index in [2.05, 4.69) is 5.10 Å². The summed E-state index contributed by atoms with van der Waals surface area (Å²) in [6, 6.07) is 16.7. The van der Waals surface area contributed by atoms with Crippen LogP contribution in [0.25, 0.3) is 16.9 Å². The Labute approximate surface area is 195 Å². The molecule has 0 radical (unpaired) electrons. The molecule has 0 atom stereocenters. The van der Waals surface area contributed by atoms with Crippen LogP contribution in [0.2, 0.25) is 5.02 Å². The van der Waals surface area contributed by atoms with Gasteiger partial charge in [0.05, 0.1) is 12.8 Å². The fourth-order valence-electron chi connectivity index (χ4n) is 3.86. The number of para-hydroxylation sites is 2. The summed E-state index contributed by atoms with van der Waals surface area (Å²) in [6.07, 6.45) is 0.651. The number of benzene rings is 2. The molecule has 0 aliphatic carbocycles. The molecule has 1 aromatic heterocycles.